The van der Waals surface area contributed by atoms with E-state index in [0.717, 1.165) is 0 Å². The van der Waals surface area contributed by atoms with E-state index >= 15 is 0 Å². The first-order valence-corrected chi connectivity index (χ1v) is 7.59. The normalized spacial score (nSPS) is 16.5. The van der Waals surface area contributed by atoms with Gasteiger partial charge in [-0.3, -0.25) is 4.79 Å². The maximum atomic E-state index is 13.6. The van der Waals surface area contributed by atoms with Gasteiger partial charge in [-0.05, 0) is 36.2 Å². The van der Waals surface area contributed by atoms with Crippen LogP contribution in [0.3, 0.4) is 0 Å². The van der Waals surface area contributed by atoms with Crippen LogP contribution in [-0.4, -0.2) is 23.1 Å². The Balaban J connectivity index is 1.99. The van der Waals surface area contributed by atoms with Crippen molar-refractivity contribution >= 4 is 17.6 Å². The van der Waals surface area contributed by atoms with Crippen LogP contribution in [0, 0.1) is 5.82 Å². The Morgan fingerprint density at radius 2 is 2.08 bits per heavy atom. The van der Waals surface area contributed by atoms with E-state index in [0.29, 0.717) is 23.4 Å². The summed E-state index contributed by atoms with van der Waals surface area (Å²) < 4.78 is 19.2. The van der Waals surface area contributed by atoms with Gasteiger partial charge in [-0.1, -0.05) is 19.1 Å². The molecule has 1 unspecified atom stereocenters. The Labute approximate surface area is 138 Å². The van der Waals surface area contributed by atoms with Crippen LogP contribution in [-0.2, 0) is 11.3 Å². The minimum atomic E-state index is -1.04. The van der Waals surface area contributed by atoms with Gasteiger partial charge in [0, 0.05) is 6.07 Å². The first kappa shape index (κ1) is 16.0. The number of halogens is 1. The lowest BCUT2D eigenvalue weighted by Gasteiger charge is -2.34. The molecule has 1 N–H and O–H groups in total. The van der Waals surface area contributed by atoms with Crippen LogP contribution in [0.4, 0.5) is 10.1 Å². The predicted octanol–water partition coefficient (Wildman–Crippen LogP) is 3.23. The molecule has 1 aliphatic heterocycles. The summed E-state index contributed by atoms with van der Waals surface area (Å²) in [5.74, 6) is -1.33. The summed E-state index contributed by atoms with van der Waals surface area (Å²) in [5.41, 5.74) is 1.14. The van der Waals surface area contributed by atoms with E-state index in [1.54, 1.807) is 12.1 Å². The molecule has 124 valence electrons. The first-order valence-electron chi connectivity index (χ1n) is 7.59. The number of hydrogen-bond donors (Lipinski definition) is 1. The summed E-state index contributed by atoms with van der Waals surface area (Å²) >= 11 is 0. The molecule has 0 bridgehead atoms. The number of nitrogens with zero attached hydrogens (tertiary/aromatic N) is 1. The SMILES string of the molecule is CCC1Oc2ccc(F)cc2N(Cc2cccc(C(=O)O)c2)C1=O. The number of carbonyl (C=O) groups is 2. The Bertz CT molecular complexity index is 805. The van der Waals surface area contributed by atoms with Gasteiger partial charge in [-0.25, -0.2) is 9.18 Å². The smallest absolute Gasteiger partial charge is 0.335 e. The molecule has 0 radical (unpaired) electrons. The highest BCUT2D eigenvalue weighted by Gasteiger charge is 2.33. The number of aromatic carboxylic acids is 1. The second kappa shape index (κ2) is 6.31. The van der Waals surface area contributed by atoms with E-state index in [1.807, 2.05) is 6.92 Å². The highest BCUT2D eigenvalue weighted by atomic mass is 19.1. The molecule has 1 heterocycles. The van der Waals surface area contributed by atoms with E-state index in [9.17, 15) is 14.0 Å². The molecule has 0 saturated carbocycles. The molecule has 6 heteroatoms. The van der Waals surface area contributed by atoms with Crippen molar-refractivity contribution in [1.29, 1.82) is 0 Å². The van der Waals surface area contributed by atoms with Gasteiger partial charge in [0.25, 0.3) is 5.91 Å². The van der Waals surface area contributed by atoms with Crippen LogP contribution in [0.1, 0.15) is 29.3 Å². The third-order valence-electron chi connectivity index (χ3n) is 3.91. The number of carbonyl (C=O) groups excluding carboxylic acids is 1. The monoisotopic (exact) mass is 329 g/mol. The Morgan fingerprint density at radius 1 is 1.29 bits per heavy atom. The molecule has 0 saturated heterocycles. The lowest BCUT2D eigenvalue weighted by molar-refractivity contribution is -0.126. The lowest BCUT2D eigenvalue weighted by Crippen LogP contribution is -2.45. The maximum Gasteiger partial charge on any atom is 0.335 e. The first-order chi connectivity index (χ1) is 11.5. The van der Waals surface area contributed by atoms with Crippen LogP contribution < -0.4 is 9.64 Å². The Kier molecular flexibility index (Phi) is 4.20. The minimum absolute atomic E-state index is 0.139. The average molecular weight is 329 g/mol. The van der Waals surface area contributed by atoms with Gasteiger partial charge < -0.3 is 14.7 Å². The molecule has 2 aromatic carbocycles. The summed E-state index contributed by atoms with van der Waals surface area (Å²) in [6, 6.07) is 10.4. The Morgan fingerprint density at radius 3 is 2.79 bits per heavy atom. The highest BCUT2D eigenvalue weighted by Crippen LogP contribution is 2.36. The summed E-state index contributed by atoms with van der Waals surface area (Å²) in [5, 5.41) is 9.09. The third kappa shape index (κ3) is 2.95. The van der Waals surface area contributed by atoms with Gasteiger partial charge >= 0.3 is 5.97 Å². The standard InChI is InChI=1S/C18H16FNO4/c1-2-15-17(21)20(14-9-13(19)6-7-16(14)24-15)10-11-4-3-5-12(8-11)18(22)23/h3-9,15H,2,10H2,1H3,(H,22,23). The second-order valence-corrected chi connectivity index (χ2v) is 5.56. The van der Waals surface area contributed by atoms with Crippen LogP contribution in [0.5, 0.6) is 5.75 Å². The van der Waals surface area contributed by atoms with Gasteiger partial charge in [-0.2, -0.15) is 0 Å². The number of hydrogen-bond acceptors (Lipinski definition) is 3. The van der Waals surface area contributed by atoms with E-state index < -0.39 is 17.9 Å². The zero-order valence-corrected chi connectivity index (χ0v) is 13.0. The van der Waals surface area contributed by atoms with E-state index in [4.69, 9.17) is 9.84 Å². The number of anilines is 1. The number of amides is 1. The van der Waals surface area contributed by atoms with Crippen molar-refractivity contribution < 1.29 is 23.8 Å². The molecule has 0 aromatic heterocycles. The van der Waals surface area contributed by atoms with Crippen molar-refractivity contribution in [2.75, 3.05) is 4.90 Å². The van der Waals surface area contributed by atoms with Crippen molar-refractivity contribution in [3.05, 3.63) is 59.4 Å². The molecule has 1 aliphatic rings. The lowest BCUT2D eigenvalue weighted by atomic mass is 10.1. The number of benzene rings is 2. The van der Waals surface area contributed by atoms with Gasteiger partial charge in [0.15, 0.2) is 6.10 Å². The molecule has 0 spiro atoms. The fraction of sp³-hybridized carbons (Fsp3) is 0.222. The number of fused-ring (bicyclic) bond motifs is 1. The molecular formula is C18H16FNO4. The molecule has 2 aromatic rings. The van der Waals surface area contributed by atoms with Crippen LogP contribution >= 0.6 is 0 Å². The van der Waals surface area contributed by atoms with Gasteiger partial charge in [0.1, 0.15) is 11.6 Å². The quantitative estimate of drug-likeness (QED) is 0.935. The van der Waals surface area contributed by atoms with Gasteiger partial charge in [-0.15, -0.1) is 0 Å². The zero-order valence-electron chi connectivity index (χ0n) is 13.0. The highest BCUT2D eigenvalue weighted by molar-refractivity contribution is 6.00. The Hall–Kier alpha value is -2.89. The van der Waals surface area contributed by atoms with Crippen molar-refractivity contribution in [3.8, 4) is 5.75 Å². The van der Waals surface area contributed by atoms with E-state index in [2.05, 4.69) is 0 Å². The van der Waals surface area contributed by atoms with Crippen LogP contribution in [0.2, 0.25) is 0 Å². The molecular weight excluding hydrogens is 313 g/mol. The minimum Gasteiger partial charge on any atom is -0.478 e. The summed E-state index contributed by atoms with van der Waals surface area (Å²) in [6.45, 7) is 1.98. The third-order valence-corrected chi connectivity index (χ3v) is 3.91. The predicted molar refractivity (Wildman–Crippen MR) is 85.7 cm³/mol. The molecule has 3 rings (SSSR count). The summed E-state index contributed by atoms with van der Waals surface area (Å²) in [7, 11) is 0. The molecule has 1 amide bonds. The number of carboxylic acid groups (broad SMARTS) is 1. The van der Waals surface area contributed by atoms with E-state index in [1.165, 1.54) is 35.2 Å². The van der Waals surface area contributed by atoms with Crippen molar-refractivity contribution in [2.45, 2.75) is 26.0 Å². The summed E-state index contributed by atoms with van der Waals surface area (Å²) in [6.07, 6.45) is -0.146. The number of rotatable bonds is 4. The topological polar surface area (TPSA) is 66.8 Å². The zero-order chi connectivity index (χ0) is 17.3. The molecule has 1 atom stereocenters. The largest absolute Gasteiger partial charge is 0.478 e. The molecule has 24 heavy (non-hydrogen) atoms. The fourth-order valence-corrected chi connectivity index (χ4v) is 2.70. The van der Waals surface area contributed by atoms with Gasteiger partial charge in [0.2, 0.25) is 0 Å². The van der Waals surface area contributed by atoms with Crippen molar-refractivity contribution in [1.82, 2.24) is 0 Å². The molecule has 0 fully saturated rings. The fourth-order valence-electron chi connectivity index (χ4n) is 2.70. The average Bonchev–Trinajstić information content (AvgIpc) is 2.57. The maximum absolute atomic E-state index is 13.6. The number of carboxylic acids is 1. The molecule has 5 nitrogen and oxygen atoms in total. The van der Waals surface area contributed by atoms with Crippen molar-refractivity contribution in [2.24, 2.45) is 0 Å². The second-order valence-electron chi connectivity index (χ2n) is 5.56. The van der Waals surface area contributed by atoms with Gasteiger partial charge in [0.05, 0.1) is 17.8 Å². The summed E-state index contributed by atoms with van der Waals surface area (Å²) in [4.78, 5) is 25.2. The van der Waals surface area contributed by atoms with Crippen molar-refractivity contribution in [3.63, 3.8) is 0 Å². The van der Waals surface area contributed by atoms with E-state index in [-0.39, 0.29) is 18.0 Å². The number of ether oxygens (including phenoxy) is 1. The van der Waals surface area contributed by atoms with Crippen LogP contribution in [0.25, 0.3) is 0 Å². The molecule has 0 aliphatic carbocycles. The van der Waals surface area contributed by atoms with Crippen LogP contribution in [0.15, 0.2) is 42.5 Å².